The number of urea groups is 1. The normalized spacial score (nSPS) is 15.5. The number of fused-ring (bicyclic) bond motifs is 1. The number of rotatable bonds is 5. The van der Waals surface area contributed by atoms with Crippen LogP contribution in [-0.2, 0) is 9.59 Å². The molecular formula is C25H22N2O4. The Morgan fingerprint density at radius 1 is 0.968 bits per heavy atom. The van der Waals surface area contributed by atoms with Crippen LogP contribution < -0.4 is 15.0 Å². The molecule has 0 unspecified atom stereocenters. The van der Waals surface area contributed by atoms with Crippen molar-refractivity contribution in [3.63, 3.8) is 0 Å². The van der Waals surface area contributed by atoms with Gasteiger partial charge < -0.3 is 4.74 Å². The number of hydrogen-bond acceptors (Lipinski definition) is 4. The largest absolute Gasteiger partial charge is 0.493 e. The number of amides is 4. The topological polar surface area (TPSA) is 75.7 Å². The highest BCUT2D eigenvalue weighted by molar-refractivity contribution is 6.39. The van der Waals surface area contributed by atoms with Gasteiger partial charge in [0.15, 0.2) is 0 Å². The van der Waals surface area contributed by atoms with Crippen LogP contribution in [0.1, 0.15) is 24.5 Å². The first-order valence-electron chi connectivity index (χ1n) is 10.1. The second kappa shape index (κ2) is 8.44. The molecule has 6 heteroatoms. The lowest BCUT2D eigenvalue weighted by Gasteiger charge is -2.27. The quantitative estimate of drug-likeness (QED) is 0.489. The predicted molar refractivity (Wildman–Crippen MR) is 120 cm³/mol. The molecule has 0 spiro atoms. The van der Waals surface area contributed by atoms with Gasteiger partial charge in [-0.05, 0) is 47.9 Å². The lowest BCUT2D eigenvalue weighted by molar-refractivity contribution is -0.122. The zero-order chi connectivity index (χ0) is 22.0. The number of para-hydroxylation sites is 1. The van der Waals surface area contributed by atoms with Crippen LogP contribution in [0.5, 0.6) is 5.75 Å². The van der Waals surface area contributed by atoms with Gasteiger partial charge in [0, 0.05) is 5.56 Å². The molecule has 4 amide bonds. The van der Waals surface area contributed by atoms with E-state index in [4.69, 9.17) is 4.74 Å². The fraction of sp³-hybridized carbons (Fsp3) is 0.160. The van der Waals surface area contributed by atoms with Gasteiger partial charge in [0.05, 0.1) is 12.3 Å². The molecule has 1 fully saturated rings. The van der Waals surface area contributed by atoms with Crippen LogP contribution in [0.4, 0.5) is 10.5 Å². The minimum atomic E-state index is -0.762. The fourth-order valence-electron chi connectivity index (χ4n) is 3.60. The van der Waals surface area contributed by atoms with E-state index in [0.717, 1.165) is 27.7 Å². The zero-order valence-corrected chi connectivity index (χ0v) is 17.3. The van der Waals surface area contributed by atoms with E-state index in [2.05, 4.69) is 5.32 Å². The lowest BCUT2D eigenvalue weighted by atomic mass is 9.99. The third-order valence-corrected chi connectivity index (χ3v) is 5.14. The summed E-state index contributed by atoms with van der Waals surface area (Å²) >= 11 is 0. The highest BCUT2D eigenvalue weighted by Gasteiger charge is 2.37. The van der Waals surface area contributed by atoms with Gasteiger partial charge in [-0.2, -0.15) is 0 Å². The lowest BCUT2D eigenvalue weighted by Crippen LogP contribution is -2.54. The molecule has 1 aliphatic heterocycles. The first-order valence-corrected chi connectivity index (χ1v) is 10.1. The highest BCUT2D eigenvalue weighted by atomic mass is 16.5. The summed E-state index contributed by atoms with van der Waals surface area (Å²) in [5, 5.41) is 4.09. The average Bonchev–Trinajstić information content (AvgIpc) is 2.76. The molecule has 3 aromatic carbocycles. The minimum Gasteiger partial charge on any atom is -0.493 e. The molecule has 0 aliphatic carbocycles. The van der Waals surface area contributed by atoms with Crippen molar-refractivity contribution in [1.82, 2.24) is 5.32 Å². The van der Waals surface area contributed by atoms with Gasteiger partial charge >= 0.3 is 6.03 Å². The number of anilines is 1. The standard InChI is InChI=1S/C25H22N2O4/c1-3-14-31-22-13-12-17-9-5-6-10-18(17)19(22)15-20-23(28)26-25(30)27(24(20)29)21-11-7-4-8-16(21)2/h4-13,15H,3,14H2,1-2H3,(H,26,28,30)/b20-15+. The summed E-state index contributed by atoms with van der Waals surface area (Å²) in [4.78, 5) is 39.5. The molecule has 1 saturated heterocycles. The van der Waals surface area contributed by atoms with Gasteiger partial charge in [-0.15, -0.1) is 0 Å². The number of imide groups is 2. The van der Waals surface area contributed by atoms with Crippen molar-refractivity contribution in [1.29, 1.82) is 0 Å². The molecule has 0 bridgehead atoms. The Kier molecular flexibility index (Phi) is 5.54. The van der Waals surface area contributed by atoms with Crippen molar-refractivity contribution in [2.75, 3.05) is 11.5 Å². The number of nitrogens with zero attached hydrogens (tertiary/aromatic N) is 1. The van der Waals surface area contributed by atoms with E-state index >= 15 is 0 Å². The first-order chi connectivity index (χ1) is 15.0. The monoisotopic (exact) mass is 414 g/mol. The number of carbonyl (C=O) groups is 3. The Hall–Kier alpha value is -3.93. The highest BCUT2D eigenvalue weighted by Crippen LogP contribution is 2.32. The molecule has 0 aromatic heterocycles. The third-order valence-electron chi connectivity index (χ3n) is 5.14. The molecule has 31 heavy (non-hydrogen) atoms. The summed E-state index contributed by atoms with van der Waals surface area (Å²) in [6.45, 7) is 4.31. The van der Waals surface area contributed by atoms with E-state index in [1.165, 1.54) is 6.08 Å². The molecule has 4 rings (SSSR count). The maximum Gasteiger partial charge on any atom is 0.335 e. The maximum absolute atomic E-state index is 13.3. The molecule has 156 valence electrons. The van der Waals surface area contributed by atoms with Crippen molar-refractivity contribution in [2.45, 2.75) is 20.3 Å². The molecule has 6 nitrogen and oxygen atoms in total. The van der Waals surface area contributed by atoms with E-state index in [-0.39, 0.29) is 5.57 Å². The summed E-state index contributed by atoms with van der Waals surface area (Å²) in [7, 11) is 0. The summed E-state index contributed by atoms with van der Waals surface area (Å²) in [5.41, 5.74) is 1.69. The van der Waals surface area contributed by atoms with E-state index in [1.54, 1.807) is 25.1 Å². The Labute approximate surface area is 180 Å². The zero-order valence-electron chi connectivity index (χ0n) is 17.3. The molecule has 0 atom stereocenters. The number of carbonyl (C=O) groups excluding carboxylic acids is 3. The molecule has 1 N–H and O–H groups in total. The van der Waals surface area contributed by atoms with Gasteiger partial charge in [0.1, 0.15) is 11.3 Å². The molecule has 1 heterocycles. The van der Waals surface area contributed by atoms with Crippen LogP contribution >= 0.6 is 0 Å². The molecule has 3 aromatic rings. The minimum absolute atomic E-state index is 0.124. The Morgan fingerprint density at radius 3 is 2.48 bits per heavy atom. The third kappa shape index (κ3) is 3.80. The number of aryl methyl sites for hydroxylation is 1. The van der Waals surface area contributed by atoms with Gasteiger partial charge in [0.2, 0.25) is 0 Å². The van der Waals surface area contributed by atoms with Gasteiger partial charge in [-0.3, -0.25) is 14.9 Å². The van der Waals surface area contributed by atoms with E-state index in [9.17, 15) is 14.4 Å². The predicted octanol–water partition coefficient (Wildman–Crippen LogP) is 4.60. The maximum atomic E-state index is 13.3. The van der Waals surface area contributed by atoms with Gasteiger partial charge in [-0.25, -0.2) is 9.69 Å². The van der Waals surface area contributed by atoms with Crippen molar-refractivity contribution < 1.29 is 19.1 Å². The van der Waals surface area contributed by atoms with E-state index < -0.39 is 17.8 Å². The van der Waals surface area contributed by atoms with Crippen molar-refractivity contribution in [2.24, 2.45) is 0 Å². The van der Waals surface area contributed by atoms with Crippen LogP contribution in [0.3, 0.4) is 0 Å². The first kappa shape index (κ1) is 20.3. The summed E-state index contributed by atoms with van der Waals surface area (Å²) in [5.74, 6) is -0.820. The Morgan fingerprint density at radius 2 is 1.71 bits per heavy atom. The molecular weight excluding hydrogens is 392 g/mol. The number of barbiturate groups is 1. The fourth-order valence-corrected chi connectivity index (χ4v) is 3.60. The number of benzene rings is 3. The van der Waals surface area contributed by atoms with Gasteiger partial charge in [0.25, 0.3) is 11.8 Å². The van der Waals surface area contributed by atoms with E-state index in [1.807, 2.05) is 49.4 Å². The van der Waals surface area contributed by atoms with Gasteiger partial charge in [-0.1, -0.05) is 55.5 Å². The van der Waals surface area contributed by atoms with Crippen LogP contribution in [0.25, 0.3) is 16.8 Å². The smallest absolute Gasteiger partial charge is 0.335 e. The summed E-state index contributed by atoms with van der Waals surface area (Å²) in [6.07, 6.45) is 2.33. The average molecular weight is 414 g/mol. The van der Waals surface area contributed by atoms with Crippen LogP contribution in [0.15, 0.2) is 66.2 Å². The Balaban J connectivity index is 1.86. The number of nitrogens with one attached hydrogen (secondary N) is 1. The number of hydrogen-bond donors (Lipinski definition) is 1. The Bertz CT molecular complexity index is 1230. The van der Waals surface area contributed by atoms with Crippen molar-refractivity contribution in [3.8, 4) is 5.75 Å². The van der Waals surface area contributed by atoms with Crippen LogP contribution in [0, 0.1) is 6.92 Å². The second-order valence-corrected chi connectivity index (χ2v) is 7.29. The van der Waals surface area contributed by atoms with Crippen LogP contribution in [-0.4, -0.2) is 24.5 Å². The molecule has 0 radical (unpaired) electrons. The van der Waals surface area contributed by atoms with Crippen LogP contribution in [0.2, 0.25) is 0 Å². The SMILES string of the molecule is CCCOc1ccc2ccccc2c1/C=C1\C(=O)NC(=O)N(c2ccccc2C)C1=O. The van der Waals surface area contributed by atoms with E-state index in [0.29, 0.717) is 23.6 Å². The molecule has 0 saturated carbocycles. The number of ether oxygens (including phenoxy) is 1. The molecule has 1 aliphatic rings. The summed E-state index contributed by atoms with van der Waals surface area (Å²) < 4.78 is 5.89. The summed E-state index contributed by atoms with van der Waals surface area (Å²) in [6, 6.07) is 17.7. The van der Waals surface area contributed by atoms with Crippen molar-refractivity contribution in [3.05, 3.63) is 77.4 Å². The second-order valence-electron chi connectivity index (χ2n) is 7.29. The van der Waals surface area contributed by atoms with Crippen molar-refractivity contribution >= 4 is 40.4 Å².